The van der Waals surface area contributed by atoms with Gasteiger partial charge in [-0.05, 0) is 29.8 Å². The smallest absolute Gasteiger partial charge is 0.219 e. The van der Waals surface area contributed by atoms with E-state index in [-0.39, 0.29) is 6.10 Å². The molecule has 2 aliphatic heterocycles. The highest BCUT2D eigenvalue weighted by molar-refractivity contribution is 6.76. The van der Waals surface area contributed by atoms with Crippen molar-refractivity contribution in [1.82, 2.24) is 20.5 Å². The Hall–Kier alpha value is -2.72. The van der Waals surface area contributed by atoms with E-state index in [9.17, 15) is 0 Å². The summed E-state index contributed by atoms with van der Waals surface area (Å²) in [6.07, 6.45) is 5.83. The lowest BCUT2D eigenvalue weighted by atomic mass is 10.1. The number of nitrogens with one attached hydrogen (secondary N) is 3. The molecule has 1 atom stereocenters. The van der Waals surface area contributed by atoms with Gasteiger partial charge in [0.1, 0.15) is 24.3 Å². The van der Waals surface area contributed by atoms with E-state index in [1.807, 2.05) is 24.3 Å². The second kappa shape index (κ2) is 12.5. The van der Waals surface area contributed by atoms with Gasteiger partial charge in [0.25, 0.3) is 0 Å². The van der Waals surface area contributed by atoms with Crippen molar-refractivity contribution < 1.29 is 14.2 Å². The van der Waals surface area contributed by atoms with E-state index in [1.54, 1.807) is 12.3 Å². The number of rotatable bonds is 12. The second-order valence-corrected chi connectivity index (χ2v) is 16.2. The van der Waals surface area contributed by atoms with Crippen LogP contribution < -0.4 is 20.1 Å². The zero-order valence-corrected chi connectivity index (χ0v) is 22.7. The number of hydrogen-bond acceptors (Lipinski definition) is 8. The molecule has 1 fully saturated rings. The number of fused-ring (bicyclic) bond motifs is 1. The molecule has 0 radical (unpaired) electrons. The fourth-order valence-corrected chi connectivity index (χ4v) is 5.02. The van der Waals surface area contributed by atoms with Gasteiger partial charge in [-0.1, -0.05) is 25.7 Å². The van der Waals surface area contributed by atoms with Crippen LogP contribution >= 0.6 is 0 Å². The molecule has 9 heteroatoms. The van der Waals surface area contributed by atoms with Crippen molar-refractivity contribution in [2.75, 3.05) is 46.1 Å². The molecule has 3 N–H and O–H groups in total. The topological polar surface area (TPSA) is 91.7 Å². The molecule has 2 aliphatic rings. The van der Waals surface area contributed by atoms with Crippen LogP contribution in [0.2, 0.25) is 25.7 Å². The van der Waals surface area contributed by atoms with Crippen LogP contribution in [0.25, 0.3) is 5.70 Å². The highest BCUT2D eigenvalue weighted by atomic mass is 28.3. The SMILES string of the molecule is C[Si](C)(C)CCOCN/C(=C\C=N)c1ccc(Oc2ccc3c(c2)OC(CN2CCNCC2)C3)nc1. The number of aromatic nitrogens is 1. The maximum Gasteiger partial charge on any atom is 0.219 e. The predicted octanol–water partition coefficient (Wildman–Crippen LogP) is 3.97. The standard InChI is InChI=1S/C27H39N5O3Si/c1-36(2,3)15-14-33-20-31-25(8-9-28)22-5-7-27(30-18-22)35-23-6-4-21-16-24(34-26(21)17-23)19-32-12-10-29-11-13-32/h4-9,17-18,24,28-29,31H,10-16,19-20H2,1-3H3/b25-8-,28-9?. The summed E-state index contributed by atoms with van der Waals surface area (Å²) >= 11 is 0. The molecular formula is C27H39N5O3Si. The Bertz CT molecular complexity index is 1030. The lowest BCUT2D eigenvalue weighted by Gasteiger charge is -2.29. The zero-order chi connectivity index (χ0) is 25.4. The largest absolute Gasteiger partial charge is 0.488 e. The van der Waals surface area contributed by atoms with Crippen molar-refractivity contribution >= 4 is 20.0 Å². The molecule has 3 heterocycles. The van der Waals surface area contributed by atoms with Crippen LogP contribution in [-0.4, -0.2) is 76.3 Å². The highest BCUT2D eigenvalue weighted by Gasteiger charge is 2.26. The minimum atomic E-state index is -1.11. The number of nitrogens with zero attached hydrogens (tertiary/aromatic N) is 2. The van der Waals surface area contributed by atoms with Crippen molar-refractivity contribution in [3.8, 4) is 17.4 Å². The third kappa shape index (κ3) is 7.89. The summed E-state index contributed by atoms with van der Waals surface area (Å²) in [7, 11) is -1.11. The number of pyridine rings is 1. The monoisotopic (exact) mass is 509 g/mol. The summed E-state index contributed by atoms with van der Waals surface area (Å²) in [5.41, 5.74) is 2.89. The fraction of sp³-hybridized carbons (Fsp3) is 0.481. The second-order valence-electron chi connectivity index (χ2n) is 10.5. The number of allylic oxidation sites excluding steroid dienone is 1. The van der Waals surface area contributed by atoms with Crippen LogP contribution in [0.15, 0.2) is 42.6 Å². The Kier molecular flexibility index (Phi) is 9.14. The van der Waals surface area contributed by atoms with Gasteiger partial charge in [-0.15, -0.1) is 0 Å². The Morgan fingerprint density at radius 1 is 1.25 bits per heavy atom. The van der Waals surface area contributed by atoms with Crippen LogP contribution in [0.4, 0.5) is 0 Å². The van der Waals surface area contributed by atoms with E-state index in [0.29, 0.717) is 18.4 Å². The maximum absolute atomic E-state index is 7.48. The summed E-state index contributed by atoms with van der Waals surface area (Å²) in [6.45, 7) is 13.3. The lowest BCUT2D eigenvalue weighted by molar-refractivity contribution is 0.139. The average Bonchev–Trinajstić information content (AvgIpc) is 3.25. The first-order valence-corrected chi connectivity index (χ1v) is 16.5. The molecule has 4 rings (SSSR count). The van der Waals surface area contributed by atoms with Crippen LogP contribution in [0.3, 0.4) is 0 Å². The van der Waals surface area contributed by atoms with Crippen molar-refractivity contribution in [2.24, 2.45) is 0 Å². The molecule has 0 spiro atoms. The molecule has 1 unspecified atom stereocenters. The molecule has 0 aliphatic carbocycles. The van der Waals surface area contributed by atoms with Crippen LogP contribution in [0.1, 0.15) is 11.1 Å². The molecule has 2 aromatic rings. The molecule has 1 aromatic heterocycles. The van der Waals surface area contributed by atoms with Crippen LogP contribution in [0, 0.1) is 5.41 Å². The summed E-state index contributed by atoms with van der Waals surface area (Å²) in [5, 5.41) is 14.1. The van der Waals surface area contributed by atoms with Crippen LogP contribution in [0.5, 0.6) is 17.4 Å². The van der Waals surface area contributed by atoms with Gasteiger partial charge in [0.15, 0.2) is 0 Å². The van der Waals surface area contributed by atoms with Gasteiger partial charge < -0.3 is 30.3 Å². The number of ether oxygens (including phenoxy) is 3. The summed E-state index contributed by atoms with van der Waals surface area (Å²) in [5.74, 6) is 2.12. The Labute approximate surface area is 215 Å². The van der Waals surface area contributed by atoms with Gasteiger partial charge in [0, 0.05) is 89.6 Å². The maximum atomic E-state index is 7.48. The minimum absolute atomic E-state index is 0.192. The number of piperazine rings is 1. The van der Waals surface area contributed by atoms with Crippen molar-refractivity contribution in [1.29, 1.82) is 5.41 Å². The van der Waals surface area contributed by atoms with Gasteiger partial charge in [0.2, 0.25) is 5.88 Å². The summed E-state index contributed by atoms with van der Waals surface area (Å²) in [4.78, 5) is 6.94. The van der Waals surface area contributed by atoms with Gasteiger partial charge in [-0.3, -0.25) is 4.90 Å². The Balaban J connectivity index is 1.29. The zero-order valence-electron chi connectivity index (χ0n) is 21.7. The molecule has 1 aromatic carbocycles. The number of hydrogen-bond donors (Lipinski definition) is 3. The molecule has 36 heavy (non-hydrogen) atoms. The van der Waals surface area contributed by atoms with E-state index in [0.717, 1.165) is 68.8 Å². The van der Waals surface area contributed by atoms with Crippen molar-refractivity contribution in [3.05, 3.63) is 53.7 Å². The predicted molar refractivity (Wildman–Crippen MR) is 147 cm³/mol. The molecule has 0 saturated carbocycles. The first kappa shape index (κ1) is 26.3. The minimum Gasteiger partial charge on any atom is -0.488 e. The number of benzene rings is 1. The van der Waals surface area contributed by atoms with E-state index < -0.39 is 8.07 Å². The van der Waals surface area contributed by atoms with Crippen LogP contribution in [-0.2, 0) is 11.2 Å². The van der Waals surface area contributed by atoms with E-state index in [2.05, 4.69) is 46.2 Å². The Morgan fingerprint density at radius 2 is 2.08 bits per heavy atom. The van der Waals surface area contributed by atoms with E-state index in [4.69, 9.17) is 19.6 Å². The average molecular weight is 510 g/mol. The molecule has 194 valence electrons. The fourth-order valence-electron chi connectivity index (χ4n) is 4.27. The first-order chi connectivity index (χ1) is 17.4. The third-order valence-electron chi connectivity index (χ3n) is 6.33. The molecule has 0 amide bonds. The van der Waals surface area contributed by atoms with Gasteiger partial charge >= 0.3 is 0 Å². The molecule has 0 bridgehead atoms. The normalized spacial score (nSPS) is 18.4. The van der Waals surface area contributed by atoms with E-state index >= 15 is 0 Å². The van der Waals surface area contributed by atoms with Gasteiger partial charge in [-0.2, -0.15) is 0 Å². The van der Waals surface area contributed by atoms with Gasteiger partial charge in [-0.25, -0.2) is 4.98 Å². The third-order valence-corrected chi connectivity index (χ3v) is 8.04. The molecule has 8 nitrogen and oxygen atoms in total. The van der Waals surface area contributed by atoms with E-state index in [1.165, 1.54) is 11.8 Å². The molecule has 1 saturated heterocycles. The summed E-state index contributed by atoms with van der Waals surface area (Å²) < 4.78 is 18.0. The quantitative estimate of drug-likeness (QED) is 0.173. The van der Waals surface area contributed by atoms with Crippen molar-refractivity contribution in [3.63, 3.8) is 0 Å². The van der Waals surface area contributed by atoms with Gasteiger partial charge in [0.05, 0.1) is 0 Å². The summed E-state index contributed by atoms with van der Waals surface area (Å²) in [6, 6.07) is 10.9. The van der Waals surface area contributed by atoms with Crippen molar-refractivity contribution in [2.45, 2.75) is 38.2 Å². The lowest BCUT2D eigenvalue weighted by Crippen LogP contribution is -2.47. The Morgan fingerprint density at radius 3 is 2.81 bits per heavy atom. The first-order valence-electron chi connectivity index (χ1n) is 12.8. The highest BCUT2D eigenvalue weighted by Crippen LogP contribution is 2.34. The molecular weight excluding hydrogens is 470 g/mol.